The highest BCUT2D eigenvalue weighted by Crippen LogP contribution is 2.37. The van der Waals surface area contributed by atoms with Crippen molar-refractivity contribution in [2.75, 3.05) is 12.4 Å². The van der Waals surface area contributed by atoms with Crippen molar-refractivity contribution in [3.8, 4) is 16.8 Å². The Hall–Kier alpha value is -3.62. The lowest BCUT2D eigenvalue weighted by Crippen LogP contribution is -2.06. The van der Waals surface area contributed by atoms with Gasteiger partial charge in [-0.2, -0.15) is 5.10 Å². The molecule has 0 aliphatic carbocycles. The topological polar surface area (TPSA) is 77.8 Å². The largest absolute Gasteiger partial charge is 0.377 e. The maximum Gasteiger partial charge on any atom is 0.158 e. The van der Waals surface area contributed by atoms with Crippen molar-refractivity contribution in [1.82, 2.24) is 24.7 Å². The van der Waals surface area contributed by atoms with Gasteiger partial charge in [-0.3, -0.25) is 0 Å². The summed E-state index contributed by atoms with van der Waals surface area (Å²) in [6.07, 6.45) is 3.21. The Bertz CT molecular complexity index is 1280. The van der Waals surface area contributed by atoms with Crippen molar-refractivity contribution in [2.24, 2.45) is 0 Å². The van der Waals surface area contributed by atoms with E-state index in [-0.39, 0.29) is 0 Å². The first-order valence-corrected chi connectivity index (χ1v) is 10.7. The molecule has 0 atom stereocenters. The molecule has 7 nitrogen and oxygen atoms in total. The van der Waals surface area contributed by atoms with Crippen LogP contribution in [0.4, 0.5) is 5.82 Å². The fourth-order valence-electron chi connectivity index (χ4n) is 3.43. The molecule has 8 heteroatoms. The molecular formula is C23H20N6OS. The number of nitrogens with zero attached hydrogens (tertiary/aromatic N) is 5. The van der Waals surface area contributed by atoms with Crippen molar-refractivity contribution in [3.63, 3.8) is 0 Å². The Morgan fingerprint density at radius 1 is 1.03 bits per heavy atom. The third-order valence-electron chi connectivity index (χ3n) is 4.92. The van der Waals surface area contributed by atoms with Gasteiger partial charge in [-0.1, -0.05) is 42.5 Å². The van der Waals surface area contributed by atoms with E-state index in [4.69, 9.17) is 14.7 Å². The number of aromatic nitrogens is 5. The minimum Gasteiger partial charge on any atom is -0.377 e. The number of benzene rings is 2. The number of hydrogen-bond donors (Lipinski definition) is 1. The van der Waals surface area contributed by atoms with E-state index in [2.05, 4.69) is 45.0 Å². The van der Waals surface area contributed by atoms with E-state index in [1.54, 1.807) is 29.5 Å². The first-order chi connectivity index (χ1) is 15.3. The molecule has 5 rings (SSSR count). The lowest BCUT2D eigenvalue weighted by molar-refractivity contribution is 0.178. The maximum absolute atomic E-state index is 5.27. The Labute approximate surface area is 183 Å². The summed E-state index contributed by atoms with van der Waals surface area (Å²) in [5.74, 6) is 1.48. The van der Waals surface area contributed by atoms with Gasteiger partial charge in [0.25, 0.3) is 0 Å². The molecular weight excluding hydrogens is 408 g/mol. The van der Waals surface area contributed by atoms with E-state index >= 15 is 0 Å². The predicted octanol–water partition coefficient (Wildman–Crippen LogP) is 4.70. The monoisotopic (exact) mass is 428 g/mol. The average molecular weight is 429 g/mol. The highest BCUT2D eigenvalue weighted by molar-refractivity contribution is 7.17. The van der Waals surface area contributed by atoms with Gasteiger partial charge in [0.2, 0.25) is 0 Å². The number of rotatable bonds is 7. The zero-order valence-corrected chi connectivity index (χ0v) is 17.7. The van der Waals surface area contributed by atoms with Gasteiger partial charge in [0.15, 0.2) is 5.82 Å². The van der Waals surface area contributed by atoms with Gasteiger partial charge < -0.3 is 10.1 Å². The first-order valence-electron chi connectivity index (χ1n) is 9.82. The molecule has 0 bridgehead atoms. The predicted molar refractivity (Wildman–Crippen MR) is 122 cm³/mol. The lowest BCUT2D eigenvalue weighted by atomic mass is 10.1. The van der Waals surface area contributed by atoms with Crippen LogP contribution in [-0.4, -0.2) is 31.8 Å². The summed E-state index contributed by atoms with van der Waals surface area (Å²) in [6, 6.07) is 18.5. The average Bonchev–Trinajstić information content (AvgIpc) is 3.49. The number of hydrogen-bond acceptors (Lipinski definition) is 7. The number of methoxy groups -OCH3 is 1. The quantitative estimate of drug-likeness (QED) is 0.405. The maximum atomic E-state index is 5.27. The van der Waals surface area contributed by atoms with Gasteiger partial charge >= 0.3 is 0 Å². The summed E-state index contributed by atoms with van der Waals surface area (Å²) in [7, 11) is 1.65. The van der Waals surface area contributed by atoms with E-state index in [0.717, 1.165) is 38.4 Å². The van der Waals surface area contributed by atoms with Gasteiger partial charge in [-0.25, -0.2) is 19.6 Å². The molecule has 0 fully saturated rings. The molecule has 0 saturated heterocycles. The van der Waals surface area contributed by atoms with Crippen LogP contribution in [0.2, 0.25) is 0 Å². The SMILES string of the molecule is COCc1nc(NCc2ccc(-n3cncn3)cc2)c2c(-c3ccccc3)csc2n1. The van der Waals surface area contributed by atoms with Gasteiger partial charge in [-0.15, -0.1) is 11.3 Å². The molecule has 0 spiro atoms. The fraction of sp³-hybridized carbons (Fsp3) is 0.130. The van der Waals surface area contributed by atoms with Crippen molar-refractivity contribution in [2.45, 2.75) is 13.2 Å². The minimum absolute atomic E-state index is 0.371. The van der Waals surface area contributed by atoms with Crippen LogP contribution in [-0.2, 0) is 17.9 Å². The van der Waals surface area contributed by atoms with Gasteiger partial charge in [0.1, 0.15) is 29.9 Å². The fourth-order valence-corrected chi connectivity index (χ4v) is 4.40. The highest BCUT2D eigenvalue weighted by Gasteiger charge is 2.15. The minimum atomic E-state index is 0.371. The molecule has 0 aliphatic rings. The molecule has 0 radical (unpaired) electrons. The molecule has 1 N–H and O–H groups in total. The second-order valence-electron chi connectivity index (χ2n) is 6.98. The highest BCUT2D eigenvalue weighted by atomic mass is 32.1. The van der Waals surface area contributed by atoms with E-state index in [1.807, 2.05) is 30.3 Å². The van der Waals surface area contributed by atoms with Crippen molar-refractivity contribution < 1.29 is 4.74 Å². The lowest BCUT2D eigenvalue weighted by Gasteiger charge is -2.11. The second kappa shape index (κ2) is 8.63. The molecule has 31 heavy (non-hydrogen) atoms. The summed E-state index contributed by atoms with van der Waals surface area (Å²) in [5, 5.41) is 10.9. The Kier molecular flexibility index (Phi) is 5.39. The number of fused-ring (bicyclic) bond motifs is 1. The van der Waals surface area contributed by atoms with Crippen LogP contribution in [0.1, 0.15) is 11.4 Å². The molecule has 0 aliphatic heterocycles. The molecule has 5 aromatic rings. The summed E-state index contributed by atoms with van der Waals surface area (Å²) in [4.78, 5) is 14.4. The van der Waals surface area contributed by atoms with E-state index in [9.17, 15) is 0 Å². The Morgan fingerprint density at radius 3 is 2.61 bits per heavy atom. The molecule has 0 saturated carbocycles. The number of thiophene rings is 1. The Morgan fingerprint density at radius 2 is 1.87 bits per heavy atom. The first kappa shape index (κ1) is 19.3. The van der Waals surface area contributed by atoms with E-state index in [1.165, 1.54) is 6.33 Å². The molecule has 3 heterocycles. The molecule has 3 aromatic heterocycles. The van der Waals surface area contributed by atoms with Gasteiger partial charge in [-0.05, 0) is 23.3 Å². The molecule has 0 unspecified atom stereocenters. The van der Waals surface area contributed by atoms with Crippen molar-refractivity contribution in [1.29, 1.82) is 0 Å². The van der Waals surface area contributed by atoms with Crippen LogP contribution in [0.3, 0.4) is 0 Å². The third-order valence-corrected chi connectivity index (χ3v) is 5.79. The molecule has 0 amide bonds. The van der Waals surface area contributed by atoms with Crippen molar-refractivity contribution in [3.05, 3.63) is 84.0 Å². The third kappa shape index (κ3) is 4.03. The van der Waals surface area contributed by atoms with Crippen molar-refractivity contribution >= 4 is 27.4 Å². The van der Waals surface area contributed by atoms with Crippen LogP contribution in [0.5, 0.6) is 0 Å². The van der Waals surface area contributed by atoms with Gasteiger partial charge in [0.05, 0.1) is 11.1 Å². The smallest absolute Gasteiger partial charge is 0.158 e. The summed E-state index contributed by atoms with van der Waals surface area (Å²) in [5.41, 5.74) is 4.39. The molecule has 154 valence electrons. The van der Waals surface area contributed by atoms with Crippen LogP contribution in [0.15, 0.2) is 72.6 Å². The number of ether oxygens (including phenoxy) is 1. The summed E-state index contributed by atoms with van der Waals surface area (Å²) >= 11 is 1.62. The normalized spacial score (nSPS) is 11.1. The van der Waals surface area contributed by atoms with Crippen LogP contribution < -0.4 is 5.32 Å². The number of anilines is 1. The summed E-state index contributed by atoms with van der Waals surface area (Å²) in [6.45, 7) is 1.01. The zero-order valence-electron chi connectivity index (χ0n) is 16.9. The standard InChI is InChI=1S/C23H20N6OS/c1-30-12-20-27-22(21-19(13-31-23(21)28-20)17-5-3-2-4-6-17)25-11-16-7-9-18(10-8-16)29-15-24-14-26-29/h2-10,13-15H,11-12H2,1H3,(H,25,27,28). The van der Waals surface area contributed by atoms with E-state index < -0.39 is 0 Å². The second-order valence-corrected chi connectivity index (χ2v) is 7.84. The van der Waals surface area contributed by atoms with E-state index in [0.29, 0.717) is 19.0 Å². The van der Waals surface area contributed by atoms with Crippen LogP contribution in [0.25, 0.3) is 27.0 Å². The Balaban J connectivity index is 1.47. The van der Waals surface area contributed by atoms with Crippen LogP contribution >= 0.6 is 11.3 Å². The molecule has 2 aromatic carbocycles. The summed E-state index contributed by atoms with van der Waals surface area (Å²) < 4.78 is 7.01. The van der Waals surface area contributed by atoms with Crippen LogP contribution in [0, 0.1) is 0 Å². The number of nitrogens with one attached hydrogen (secondary N) is 1. The zero-order chi connectivity index (χ0) is 21.0. The van der Waals surface area contributed by atoms with Gasteiger partial charge in [0, 0.05) is 24.6 Å².